The molecule has 0 saturated heterocycles. The van der Waals surface area contributed by atoms with Crippen LogP contribution in [-0.4, -0.2) is 20.3 Å². The summed E-state index contributed by atoms with van der Waals surface area (Å²) in [6, 6.07) is 4.78. The second kappa shape index (κ2) is 6.06. The molecule has 19 heavy (non-hydrogen) atoms. The van der Waals surface area contributed by atoms with Crippen molar-refractivity contribution in [2.45, 2.75) is 53.7 Å². The van der Waals surface area contributed by atoms with Crippen LogP contribution in [0.25, 0.3) is 0 Å². The van der Waals surface area contributed by atoms with E-state index in [1.54, 1.807) is 7.11 Å². The van der Waals surface area contributed by atoms with Gasteiger partial charge in [0.1, 0.15) is 0 Å². The monoisotopic (exact) mass is 263 g/mol. The Morgan fingerprint density at radius 1 is 1.00 bits per heavy atom. The first-order valence-electron chi connectivity index (χ1n) is 7.00. The van der Waals surface area contributed by atoms with Crippen molar-refractivity contribution in [1.29, 1.82) is 0 Å². The topological polar surface area (TPSA) is 21.3 Å². The van der Waals surface area contributed by atoms with E-state index in [1.165, 1.54) is 22.3 Å². The average molecular weight is 263 g/mol. The van der Waals surface area contributed by atoms with Gasteiger partial charge in [0.25, 0.3) is 0 Å². The molecule has 1 N–H and O–H groups in total. The van der Waals surface area contributed by atoms with E-state index in [9.17, 15) is 0 Å². The number of likely N-dealkylation sites (N-methyl/N-ethyl adjacent to an activating group) is 1. The molecule has 0 aliphatic heterocycles. The highest BCUT2D eigenvalue weighted by molar-refractivity contribution is 5.39. The molecule has 2 heteroatoms. The molecule has 108 valence electrons. The molecule has 0 aliphatic rings. The normalized spacial score (nSPS) is 15.4. The van der Waals surface area contributed by atoms with E-state index in [4.69, 9.17) is 4.74 Å². The van der Waals surface area contributed by atoms with Gasteiger partial charge in [-0.15, -0.1) is 0 Å². The molecular formula is C17H29NO. The zero-order valence-corrected chi connectivity index (χ0v) is 13.7. The Kier molecular flexibility index (Phi) is 5.17. The van der Waals surface area contributed by atoms with Gasteiger partial charge in [0.15, 0.2) is 0 Å². The van der Waals surface area contributed by atoms with E-state index in [2.05, 4.69) is 59.0 Å². The molecule has 0 saturated carbocycles. The molecule has 0 heterocycles. The van der Waals surface area contributed by atoms with Crippen molar-refractivity contribution in [3.8, 4) is 0 Å². The minimum absolute atomic E-state index is 0.0909. The molecule has 0 aliphatic carbocycles. The number of hydrogen-bond donors (Lipinski definition) is 1. The van der Waals surface area contributed by atoms with Gasteiger partial charge in [-0.1, -0.05) is 32.9 Å². The van der Waals surface area contributed by atoms with Crippen LogP contribution in [0.1, 0.15) is 49.1 Å². The lowest BCUT2D eigenvalue weighted by molar-refractivity contribution is -0.0103. The Balaban J connectivity index is 3.27. The van der Waals surface area contributed by atoms with Crippen LogP contribution in [0.5, 0.6) is 0 Å². The summed E-state index contributed by atoms with van der Waals surface area (Å²) in [5, 5.41) is 3.44. The summed E-state index contributed by atoms with van der Waals surface area (Å²) >= 11 is 0. The Labute approximate surface area is 118 Å². The maximum absolute atomic E-state index is 5.78. The van der Waals surface area contributed by atoms with Crippen LogP contribution in [0, 0.1) is 26.2 Å². The number of aryl methyl sites for hydroxylation is 3. The fraction of sp³-hybridized carbons (Fsp3) is 0.647. The number of benzene rings is 1. The van der Waals surface area contributed by atoms with Gasteiger partial charge in [-0.25, -0.2) is 0 Å². The summed E-state index contributed by atoms with van der Waals surface area (Å²) in [5.41, 5.74) is 5.44. The number of rotatable bonds is 4. The highest BCUT2D eigenvalue weighted by atomic mass is 16.5. The molecule has 0 radical (unpaired) electrons. The van der Waals surface area contributed by atoms with E-state index >= 15 is 0 Å². The van der Waals surface area contributed by atoms with E-state index in [1.807, 2.05) is 7.05 Å². The Morgan fingerprint density at radius 2 is 1.53 bits per heavy atom. The predicted molar refractivity (Wildman–Crippen MR) is 82.7 cm³/mol. The van der Waals surface area contributed by atoms with Crippen molar-refractivity contribution in [2.75, 3.05) is 14.2 Å². The van der Waals surface area contributed by atoms with Crippen LogP contribution in [0.4, 0.5) is 0 Å². The van der Waals surface area contributed by atoms with Gasteiger partial charge in [0.2, 0.25) is 0 Å². The third kappa shape index (κ3) is 3.58. The van der Waals surface area contributed by atoms with Crippen LogP contribution in [0.2, 0.25) is 0 Å². The molecule has 1 aromatic rings. The van der Waals surface area contributed by atoms with E-state index in [0.29, 0.717) is 0 Å². The van der Waals surface area contributed by atoms with Gasteiger partial charge in [-0.05, 0) is 55.5 Å². The molecule has 2 nitrogen and oxygen atoms in total. The number of methoxy groups -OCH3 is 1. The molecule has 1 rings (SSSR count). The minimum Gasteiger partial charge on any atom is -0.379 e. The van der Waals surface area contributed by atoms with Gasteiger partial charge < -0.3 is 10.1 Å². The van der Waals surface area contributed by atoms with Gasteiger partial charge in [-0.3, -0.25) is 0 Å². The first-order chi connectivity index (χ1) is 8.72. The lowest BCUT2D eigenvalue weighted by Gasteiger charge is -2.37. The standard InChI is InChI=1S/C17H29NO/c1-11-9-13(3)14(10-12(11)2)15(18-7)16(19-8)17(4,5)6/h9-10,15-16,18H,1-8H3. The molecule has 1 aromatic carbocycles. The van der Waals surface area contributed by atoms with Crippen LogP contribution in [-0.2, 0) is 4.74 Å². The summed E-state index contributed by atoms with van der Waals surface area (Å²) < 4.78 is 5.78. The van der Waals surface area contributed by atoms with Crippen molar-refractivity contribution < 1.29 is 4.74 Å². The average Bonchev–Trinajstić information content (AvgIpc) is 2.29. The summed E-state index contributed by atoms with van der Waals surface area (Å²) in [6.07, 6.45) is 0.137. The third-order valence-electron chi connectivity index (χ3n) is 3.94. The zero-order valence-electron chi connectivity index (χ0n) is 13.7. The van der Waals surface area contributed by atoms with Crippen LogP contribution < -0.4 is 5.32 Å². The van der Waals surface area contributed by atoms with Crippen molar-refractivity contribution in [3.05, 3.63) is 34.4 Å². The quantitative estimate of drug-likeness (QED) is 0.888. The fourth-order valence-electron chi connectivity index (χ4n) is 2.78. The highest BCUT2D eigenvalue weighted by Crippen LogP contribution is 2.34. The third-order valence-corrected chi connectivity index (χ3v) is 3.94. The summed E-state index contributed by atoms with van der Waals surface area (Å²) in [5.74, 6) is 0. The van der Waals surface area contributed by atoms with Crippen LogP contribution >= 0.6 is 0 Å². The van der Waals surface area contributed by atoms with Crippen molar-refractivity contribution in [2.24, 2.45) is 5.41 Å². The number of hydrogen-bond acceptors (Lipinski definition) is 2. The molecule has 0 fully saturated rings. The van der Waals surface area contributed by atoms with Crippen molar-refractivity contribution >= 4 is 0 Å². The first kappa shape index (κ1) is 16.2. The van der Waals surface area contributed by atoms with Crippen LogP contribution in [0.3, 0.4) is 0 Å². The molecular weight excluding hydrogens is 234 g/mol. The van der Waals surface area contributed by atoms with Gasteiger partial charge in [-0.2, -0.15) is 0 Å². The van der Waals surface area contributed by atoms with E-state index in [0.717, 1.165) is 0 Å². The zero-order chi connectivity index (χ0) is 14.8. The predicted octanol–water partition coefficient (Wildman–Crippen LogP) is 3.93. The lowest BCUT2D eigenvalue weighted by atomic mass is 9.80. The van der Waals surface area contributed by atoms with Crippen molar-refractivity contribution in [1.82, 2.24) is 5.32 Å². The van der Waals surface area contributed by atoms with Crippen molar-refractivity contribution in [3.63, 3.8) is 0 Å². The van der Waals surface area contributed by atoms with E-state index in [-0.39, 0.29) is 17.6 Å². The van der Waals surface area contributed by atoms with E-state index < -0.39 is 0 Å². The molecule has 2 atom stereocenters. The Morgan fingerprint density at radius 3 is 1.95 bits per heavy atom. The molecule has 0 bridgehead atoms. The second-order valence-corrected chi connectivity index (χ2v) is 6.58. The van der Waals surface area contributed by atoms with Crippen LogP contribution in [0.15, 0.2) is 12.1 Å². The first-order valence-corrected chi connectivity index (χ1v) is 7.00. The molecule has 2 unspecified atom stereocenters. The SMILES string of the molecule is CNC(c1cc(C)c(C)cc1C)C(OC)C(C)(C)C. The number of nitrogens with one attached hydrogen (secondary N) is 1. The lowest BCUT2D eigenvalue weighted by Crippen LogP contribution is -2.40. The molecule has 0 spiro atoms. The second-order valence-electron chi connectivity index (χ2n) is 6.58. The Bertz CT molecular complexity index is 432. The number of ether oxygens (including phenoxy) is 1. The van der Waals surface area contributed by atoms with Gasteiger partial charge >= 0.3 is 0 Å². The largest absolute Gasteiger partial charge is 0.379 e. The maximum atomic E-state index is 5.78. The van der Waals surface area contributed by atoms with Gasteiger partial charge in [0, 0.05) is 7.11 Å². The fourth-order valence-corrected chi connectivity index (χ4v) is 2.78. The summed E-state index contributed by atoms with van der Waals surface area (Å²) in [7, 11) is 3.81. The smallest absolute Gasteiger partial charge is 0.0814 e. The summed E-state index contributed by atoms with van der Waals surface area (Å²) in [4.78, 5) is 0. The minimum atomic E-state index is 0.0909. The Hall–Kier alpha value is -0.860. The molecule has 0 aromatic heterocycles. The highest BCUT2D eigenvalue weighted by Gasteiger charge is 2.33. The molecule has 0 amide bonds. The maximum Gasteiger partial charge on any atom is 0.0814 e. The van der Waals surface area contributed by atoms with Gasteiger partial charge in [0.05, 0.1) is 12.1 Å². The summed E-state index contributed by atoms with van der Waals surface area (Å²) in [6.45, 7) is 13.2.